The Morgan fingerprint density at radius 2 is 2.11 bits per heavy atom. The monoisotopic (exact) mass is 329 g/mol. The van der Waals surface area contributed by atoms with Crippen molar-refractivity contribution in [3.05, 3.63) is 62.6 Å². The number of nitrogens with zero attached hydrogens (tertiary/aromatic N) is 1. The molecule has 1 aromatic carbocycles. The molecule has 94 valence electrons. The molecule has 1 atom stereocenters. The molecule has 1 N–H and O–H groups in total. The number of aliphatic hydroxyl groups is 1. The molecule has 1 heterocycles. The first kappa shape index (κ1) is 13.5. The van der Waals surface area contributed by atoms with Crippen molar-refractivity contribution in [1.82, 2.24) is 4.98 Å². The van der Waals surface area contributed by atoms with Gasteiger partial charge in [-0.25, -0.2) is 4.39 Å². The van der Waals surface area contributed by atoms with Crippen LogP contribution in [0.15, 0.2) is 35.1 Å². The molecule has 1 aromatic heterocycles. The maximum atomic E-state index is 14.0. The van der Waals surface area contributed by atoms with E-state index in [9.17, 15) is 9.50 Å². The van der Waals surface area contributed by atoms with Crippen LogP contribution in [0.4, 0.5) is 4.39 Å². The van der Waals surface area contributed by atoms with Crippen LogP contribution in [0.2, 0.25) is 5.02 Å². The first-order valence-electron chi connectivity index (χ1n) is 5.23. The SMILES string of the molecule is Cc1cncc(C(O)c2ccc(Br)c(Cl)c2F)c1. The Kier molecular flexibility index (Phi) is 4.00. The van der Waals surface area contributed by atoms with Gasteiger partial charge in [0.25, 0.3) is 0 Å². The van der Waals surface area contributed by atoms with Crippen LogP contribution in [0.5, 0.6) is 0 Å². The van der Waals surface area contributed by atoms with Gasteiger partial charge in [0.15, 0.2) is 0 Å². The standard InChI is InChI=1S/C13H10BrClFNO/c1-7-4-8(6-17-5-7)13(18)9-2-3-10(14)11(15)12(9)16/h2-6,13,18H,1H3. The van der Waals surface area contributed by atoms with E-state index in [1.165, 1.54) is 12.3 Å². The predicted octanol–water partition coefficient (Wildman–Crippen LogP) is 4.03. The number of aliphatic hydroxyl groups excluding tert-OH is 1. The number of pyridine rings is 1. The highest BCUT2D eigenvalue weighted by atomic mass is 79.9. The number of benzene rings is 1. The van der Waals surface area contributed by atoms with Crippen LogP contribution in [0.1, 0.15) is 22.8 Å². The van der Waals surface area contributed by atoms with Crippen molar-refractivity contribution in [3.8, 4) is 0 Å². The lowest BCUT2D eigenvalue weighted by Gasteiger charge is -2.13. The third-order valence-corrected chi connectivity index (χ3v) is 3.83. The zero-order valence-electron chi connectivity index (χ0n) is 9.49. The van der Waals surface area contributed by atoms with Crippen molar-refractivity contribution in [2.75, 3.05) is 0 Å². The lowest BCUT2D eigenvalue weighted by Crippen LogP contribution is -2.04. The average molecular weight is 331 g/mol. The van der Waals surface area contributed by atoms with Crippen LogP contribution in [0.25, 0.3) is 0 Å². The van der Waals surface area contributed by atoms with Gasteiger partial charge in [0.05, 0.1) is 5.02 Å². The van der Waals surface area contributed by atoms with Gasteiger partial charge in [-0.15, -0.1) is 0 Å². The molecular weight excluding hydrogens is 321 g/mol. The van der Waals surface area contributed by atoms with Crippen molar-refractivity contribution < 1.29 is 9.50 Å². The highest BCUT2D eigenvalue weighted by molar-refractivity contribution is 9.10. The Balaban J connectivity index is 2.46. The Hall–Kier alpha value is -0.970. The average Bonchev–Trinajstić information content (AvgIpc) is 2.35. The smallest absolute Gasteiger partial charge is 0.149 e. The molecule has 0 saturated carbocycles. The van der Waals surface area contributed by atoms with Gasteiger partial charge in [-0.2, -0.15) is 0 Å². The third-order valence-electron chi connectivity index (χ3n) is 2.57. The fraction of sp³-hybridized carbons (Fsp3) is 0.154. The summed E-state index contributed by atoms with van der Waals surface area (Å²) in [6, 6.07) is 4.86. The molecule has 2 aromatic rings. The van der Waals surface area contributed by atoms with Crippen molar-refractivity contribution in [3.63, 3.8) is 0 Å². The topological polar surface area (TPSA) is 33.1 Å². The summed E-state index contributed by atoms with van der Waals surface area (Å²) >= 11 is 8.93. The van der Waals surface area contributed by atoms with Gasteiger partial charge in [-0.3, -0.25) is 4.98 Å². The van der Waals surface area contributed by atoms with Gasteiger partial charge in [-0.05, 0) is 34.5 Å². The Morgan fingerprint density at radius 1 is 1.39 bits per heavy atom. The molecule has 0 aliphatic heterocycles. The van der Waals surface area contributed by atoms with E-state index in [0.717, 1.165) is 5.56 Å². The second-order valence-corrected chi connectivity index (χ2v) is 5.20. The minimum absolute atomic E-state index is 0.0350. The molecule has 0 bridgehead atoms. The molecule has 18 heavy (non-hydrogen) atoms. The summed E-state index contributed by atoms with van der Waals surface area (Å²) in [6.07, 6.45) is 2.09. The minimum atomic E-state index is -1.08. The highest BCUT2D eigenvalue weighted by Crippen LogP contribution is 2.32. The number of rotatable bonds is 2. The normalized spacial score (nSPS) is 12.5. The molecule has 0 saturated heterocycles. The third kappa shape index (κ3) is 2.55. The summed E-state index contributed by atoms with van der Waals surface area (Å²) in [5, 5.41) is 10.1. The van der Waals surface area contributed by atoms with Gasteiger partial charge in [-0.1, -0.05) is 23.7 Å². The van der Waals surface area contributed by atoms with E-state index in [0.29, 0.717) is 10.0 Å². The van der Waals surface area contributed by atoms with Gasteiger partial charge in [0, 0.05) is 28.0 Å². The molecule has 0 radical (unpaired) electrons. The summed E-state index contributed by atoms with van der Waals surface area (Å²) < 4.78 is 14.4. The minimum Gasteiger partial charge on any atom is -0.383 e. The number of aryl methyl sites for hydroxylation is 1. The summed E-state index contributed by atoms with van der Waals surface area (Å²) in [7, 11) is 0. The van der Waals surface area contributed by atoms with Crippen molar-refractivity contribution in [1.29, 1.82) is 0 Å². The summed E-state index contributed by atoms with van der Waals surface area (Å²) in [5.74, 6) is -0.625. The van der Waals surface area contributed by atoms with Crippen LogP contribution in [0.3, 0.4) is 0 Å². The van der Waals surface area contributed by atoms with E-state index in [1.807, 2.05) is 6.92 Å². The summed E-state index contributed by atoms with van der Waals surface area (Å²) in [6.45, 7) is 1.86. The summed E-state index contributed by atoms with van der Waals surface area (Å²) in [4.78, 5) is 3.98. The van der Waals surface area contributed by atoms with Crippen molar-refractivity contribution in [2.45, 2.75) is 13.0 Å². The molecule has 2 nitrogen and oxygen atoms in total. The molecule has 0 aliphatic carbocycles. The number of halogens is 3. The zero-order valence-corrected chi connectivity index (χ0v) is 11.8. The fourth-order valence-electron chi connectivity index (χ4n) is 1.66. The lowest BCUT2D eigenvalue weighted by atomic mass is 10.0. The number of aromatic nitrogens is 1. The zero-order chi connectivity index (χ0) is 13.3. The number of hydrogen-bond donors (Lipinski definition) is 1. The van der Waals surface area contributed by atoms with E-state index in [4.69, 9.17) is 11.6 Å². The van der Waals surface area contributed by atoms with Crippen LogP contribution in [-0.2, 0) is 0 Å². The van der Waals surface area contributed by atoms with Gasteiger partial charge in [0.2, 0.25) is 0 Å². The molecule has 1 unspecified atom stereocenters. The molecule has 2 rings (SSSR count). The van der Waals surface area contributed by atoms with Crippen LogP contribution in [-0.4, -0.2) is 10.1 Å². The largest absolute Gasteiger partial charge is 0.383 e. The first-order chi connectivity index (χ1) is 8.50. The van der Waals surface area contributed by atoms with Crippen molar-refractivity contribution >= 4 is 27.5 Å². The second-order valence-electron chi connectivity index (χ2n) is 3.96. The molecule has 5 heteroatoms. The first-order valence-corrected chi connectivity index (χ1v) is 6.41. The van der Waals surface area contributed by atoms with Crippen molar-refractivity contribution in [2.24, 2.45) is 0 Å². The van der Waals surface area contributed by atoms with Crippen LogP contribution < -0.4 is 0 Å². The van der Waals surface area contributed by atoms with E-state index >= 15 is 0 Å². The Morgan fingerprint density at radius 3 is 2.78 bits per heavy atom. The van der Waals surface area contributed by atoms with Crippen LogP contribution in [0, 0.1) is 12.7 Å². The van der Waals surface area contributed by atoms with Gasteiger partial charge >= 0.3 is 0 Å². The summed E-state index contributed by atoms with van der Waals surface area (Å²) in [5.41, 5.74) is 1.57. The Labute approximate surface area is 118 Å². The lowest BCUT2D eigenvalue weighted by molar-refractivity contribution is 0.214. The van der Waals surface area contributed by atoms with E-state index < -0.39 is 11.9 Å². The molecule has 0 fully saturated rings. The highest BCUT2D eigenvalue weighted by Gasteiger charge is 2.18. The maximum absolute atomic E-state index is 14.0. The van der Waals surface area contributed by atoms with Crippen LogP contribution >= 0.6 is 27.5 Å². The predicted molar refractivity (Wildman–Crippen MR) is 72.1 cm³/mol. The maximum Gasteiger partial charge on any atom is 0.149 e. The molecule has 0 spiro atoms. The molecule has 0 aliphatic rings. The molecular formula is C13H10BrClFNO. The number of hydrogen-bond acceptors (Lipinski definition) is 2. The second kappa shape index (κ2) is 5.34. The van der Waals surface area contributed by atoms with E-state index in [2.05, 4.69) is 20.9 Å². The fourth-order valence-corrected chi connectivity index (χ4v) is 2.14. The van der Waals surface area contributed by atoms with Gasteiger partial charge in [0.1, 0.15) is 11.9 Å². The molecule has 0 amide bonds. The van der Waals surface area contributed by atoms with Gasteiger partial charge < -0.3 is 5.11 Å². The quantitative estimate of drug-likeness (QED) is 0.844. The van der Waals surface area contributed by atoms with E-state index in [-0.39, 0.29) is 10.6 Å². The Bertz CT molecular complexity index is 591. The van der Waals surface area contributed by atoms with E-state index in [1.54, 1.807) is 18.3 Å².